The molecular weight excluding hydrogens is 260 g/mol. The number of rotatable bonds is 4. The van der Waals surface area contributed by atoms with Gasteiger partial charge in [-0.15, -0.1) is 5.92 Å². The third-order valence-corrected chi connectivity index (χ3v) is 2.56. The highest BCUT2D eigenvalue weighted by molar-refractivity contribution is 5.81. The third-order valence-electron chi connectivity index (χ3n) is 2.56. The van der Waals surface area contributed by atoms with Crippen LogP contribution in [0.4, 0.5) is 0 Å². The summed E-state index contributed by atoms with van der Waals surface area (Å²) in [6, 6.07) is 0. The van der Waals surface area contributed by atoms with Crippen molar-refractivity contribution in [1.29, 1.82) is 0 Å². The summed E-state index contributed by atoms with van der Waals surface area (Å²) in [6.07, 6.45) is 2.18. The standard InChI is InChI=1S/C15H18O5/c1-19-15(18)8-5-11-20-12-6-3-2-4-7-13(16)14(17)10-9-12/h5,8,12-14,16-17H,2-3,6,11H2,1H3/b8-5+/t12?,13-,14+/m0/s1. The van der Waals surface area contributed by atoms with Crippen molar-refractivity contribution in [2.24, 2.45) is 0 Å². The SMILES string of the molecule is COC(=O)/C=C/COC1C#C[C@@H](O)[C@@H](O)C#CCCC1. The molecule has 108 valence electrons. The number of hydrogen-bond donors (Lipinski definition) is 2. The molecule has 3 atom stereocenters. The minimum absolute atomic E-state index is 0.221. The third kappa shape index (κ3) is 6.40. The Morgan fingerprint density at radius 3 is 2.80 bits per heavy atom. The molecule has 0 bridgehead atoms. The molecule has 0 aromatic rings. The maximum atomic E-state index is 10.9. The number of aliphatic hydroxyl groups is 2. The van der Waals surface area contributed by atoms with Crippen molar-refractivity contribution < 1.29 is 24.5 Å². The molecule has 5 nitrogen and oxygen atoms in total. The Kier molecular flexibility index (Phi) is 7.46. The first-order chi connectivity index (χ1) is 9.63. The Balaban J connectivity index is 2.51. The van der Waals surface area contributed by atoms with Gasteiger partial charge in [0.15, 0.2) is 12.2 Å². The van der Waals surface area contributed by atoms with Gasteiger partial charge in [0.2, 0.25) is 0 Å². The molecule has 5 heteroatoms. The van der Waals surface area contributed by atoms with E-state index in [0.29, 0.717) is 12.8 Å². The summed E-state index contributed by atoms with van der Waals surface area (Å²) in [7, 11) is 1.30. The van der Waals surface area contributed by atoms with Gasteiger partial charge < -0.3 is 19.7 Å². The summed E-state index contributed by atoms with van der Waals surface area (Å²) in [5, 5.41) is 19.0. The van der Waals surface area contributed by atoms with Crippen molar-refractivity contribution in [1.82, 2.24) is 0 Å². The number of aliphatic hydroxyl groups excluding tert-OH is 2. The lowest BCUT2D eigenvalue weighted by atomic mass is 10.1. The van der Waals surface area contributed by atoms with Crippen molar-refractivity contribution in [3.8, 4) is 23.7 Å². The Bertz CT molecular complexity index is 460. The molecule has 20 heavy (non-hydrogen) atoms. The van der Waals surface area contributed by atoms with Crippen LogP contribution in [0.3, 0.4) is 0 Å². The van der Waals surface area contributed by atoms with E-state index in [1.54, 1.807) is 0 Å². The first-order valence-corrected chi connectivity index (χ1v) is 6.35. The predicted molar refractivity (Wildman–Crippen MR) is 72.3 cm³/mol. The van der Waals surface area contributed by atoms with Crippen molar-refractivity contribution >= 4 is 5.97 Å². The first kappa shape index (κ1) is 16.3. The van der Waals surface area contributed by atoms with Gasteiger partial charge in [0.25, 0.3) is 0 Å². The van der Waals surface area contributed by atoms with E-state index in [9.17, 15) is 15.0 Å². The molecule has 0 fully saturated rings. The second-order valence-corrected chi connectivity index (χ2v) is 4.14. The van der Waals surface area contributed by atoms with Crippen LogP contribution in [-0.4, -0.2) is 48.2 Å². The van der Waals surface area contributed by atoms with Gasteiger partial charge in [0.05, 0.1) is 13.7 Å². The average Bonchev–Trinajstić information content (AvgIpc) is 2.46. The topological polar surface area (TPSA) is 76.0 Å². The van der Waals surface area contributed by atoms with Crippen LogP contribution in [0.1, 0.15) is 19.3 Å². The fourth-order valence-electron chi connectivity index (χ4n) is 1.47. The van der Waals surface area contributed by atoms with Gasteiger partial charge >= 0.3 is 5.97 Å². The van der Waals surface area contributed by atoms with Crippen LogP contribution in [0.15, 0.2) is 12.2 Å². The van der Waals surface area contributed by atoms with E-state index in [2.05, 4.69) is 28.4 Å². The molecule has 0 saturated heterocycles. The molecule has 0 spiro atoms. The van der Waals surface area contributed by atoms with Crippen LogP contribution in [0.5, 0.6) is 0 Å². The highest BCUT2D eigenvalue weighted by Gasteiger charge is 2.12. The molecule has 1 aliphatic carbocycles. The number of esters is 1. The zero-order chi connectivity index (χ0) is 14.8. The summed E-state index contributed by atoms with van der Waals surface area (Å²) < 4.78 is 9.93. The maximum Gasteiger partial charge on any atom is 0.330 e. The van der Waals surface area contributed by atoms with Crippen LogP contribution >= 0.6 is 0 Å². The molecule has 1 unspecified atom stereocenters. The second-order valence-electron chi connectivity index (χ2n) is 4.14. The van der Waals surface area contributed by atoms with Crippen molar-refractivity contribution in [2.75, 3.05) is 13.7 Å². The van der Waals surface area contributed by atoms with Crippen molar-refractivity contribution in [2.45, 2.75) is 37.6 Å². The van der Waals surface area contributed by atoms with Gasteiger partial charge in [-0.2, -0.15) is 0 Å². The fourth-order valence-corrected chi connectivity index (χ4v) is 1.47. The molecule has 0 saturated carbocycles. The Morgan fingerprint density at radius 2 is 2.05 bits per heavy atom. The van der Waals surface area contributed by atoms with Crippen molar-refractivity contribution in [3.05, 3.63) is 12.2 Å². The lowest BCUT2D eigenvalue weighted by Gasteiger charge is -2.12. The summed E-state index contributed by atoms with van der Waals surface area (Å²) in [6.45, 7) is 0.221. The average molecular weight is 278 g/mol. The van der Waals surface area contributed by atoms with E-state index in [1.165, 1.54) is 19.3 Å². The maximum absolute atomic E-state index is 10.9. The number of carbonyl (C=O) groups excluding carboxylic acids is 1. The zero-order valence-corrected chi connectivity index (χ0v) is 11.3. The van der Waals surface area contributed by atoms with Crippen LogP contribution in [-0.2, 0) is 14.3 Å². The molecule has 0 aromatic heterocycles. The summed E-state index contributed by atoms with van der Waals surface area (Å²) >= 11 is 0. The molecule has 1 aliphatic rings. The summed E-state index contributed by atoms with van der Waals surface area (Å²) in [5.41, 5.74) is 0. The first-order valence-electron chi connectivity index (χ1n) is 6.35. The molecule has 2 N–H and O–H groups in total. The van der Waals surface area contributed by atoms with E-state index in [-0.39, 0.29) is 12.7 Å². The number of hydrogen-bond acceptors (Lipinski definition) is 5. The fraction of sp³-hybridized carbons (Fsp3) is 0.533. The molecule has 1 rings (SSSR count). The van der Waals surface area contributed by atoms with Crippen LogP contribution < -0.4 is 0 Å². The minimum atomic E-state index is -1.20. The number of ether oxygens (including phenoxy) is 2. The second kappa shape index (κ2) is 9.17. The molecule has 0 amide bonds. The Morgan fingerprint density at radius 1 is 1.30 bits per heavy atom. The van der Waals surface area contributed by atoms with Gasteiger partial charge in [-0.25, -0.2) is 4.79 Å². The molecule has 0 aromatic carbocycles. The summed E-state index contributed by atoms with van der Waals surface area (Å²) in [5.74, 6) is 10.2. The Labute approximate surface area is 118 Å². The lowest BCUT2D eigenvalue weighted by molar-refractivity contribution is -0.134. The highest BCUT2D eigenvalue weighted by atomic mass is 16.5. The van der Waals surface area contributed by atoms with Crippen molar-refractivity contribution in [3.63, 3.8) is 0 Å². The van der Waals surface area contributed by atoms with Crippen LogP contribution in [0, 0.1) is 23.7 Å². The van der Waals surface area contributed by atoms with E-state index in [0.717, 1.165) is 6.42 Å². The highest BCUT2D eigenvalue weighted by Crippen LogP contribution is 2.06. The smallest absolute Gasteiger partial charge is 0.330 e. The van der Waals surface area contributed by atoms with E-state index < -0.39 is 18.2 Å². The van der Waals surface area contributed by atoms with Gasteiger partial charge in [-0.1, -0.05) is 23.8 Å². The molecule has 0 heterocycles. The van der Waals surface area contributed by atoms with E-state index >= 15 is 0 Å². The molecule has 0 aliphatic heterocycles. The predicted octanol–water partition coefficient (Wildman–Crippen LogP) is 0.0133. The number of carbonyl (C=O) groups is 1. The van der Waals surface area contributed by atoms with E-state index in [1.807, 2.05) is 0 Å². The largest absolute Gasteiger partial charge is 0.466 e. The monoisotopic (exact) mass is 278 g/mol. The van der Waals surface area contributed by atoms with E-state index in [4.69, 9.17) is 4.74 Å². The van der Waals surface area contributed by atoms with Gasteiger partial charge in [0.1, 0.15) is 6.10 Å². The van der Waals surface area contributed by atoms with Gasteiger partial charge in [-0.3, -0.25) is 0 Å². The summed E-state index contributed by atoms with van der Waals surface area (Å²) in [4.78, 5) is 10.9. The Hall–Kier alpha value is -1.79. The number of methoxy groups -OCH3 is 1. The van der Waals surface area contributed by atoms with Gasteiger partial charge in [0, 0.05) is 12.5 Å². The lowest BCUT2D eigenvalue weighted by Crippen LogP contribution is -2.23. The molecule has 0 radical (unpaired) electrons. The minimum Gasteiger partial charge on any atom is -0.466 e. The van der Waals surface area contributed by atoms with Crippen LogP contribution in [0.2, 0.25) is 0 Å². The molecular formula is C15H18O5. The van der Waals surface area contributed by atoms with Crippen LogP contribution in [0.25, 0.3) is 0 Å². The van der Waals surface area contributed by atoms with Gasteiger partial charge in [-0.05, 0) is 12.8 Å². The zero-order valence-electron chi connectivity index (χ0n) is 11.3. The quantitative estimate of drug-likeness (QED) is 0.430. The normalized spacial score (nSPS) is 26.1.